The van der Waals surface area contributed by atoms with Crippen molar-refractivity contribution in [3.05, 3.63) is 60.8 Å². The molecule has 0 radical (unpaired) electrons. The molecular weight excluding hydrogens is 612 g/mol. The molecule has 0 saturated heterocycles. The summed E-state index contributed by atoms with van der Waals surface area (Å²) in [6.45, 7) is 4.80. The number of nitrogens with one attached hydrogen (secondary N) is 1. The fraction of sp³-hybridized carbons (Fsp3) is 0.690. The molecule has 0 aromatic carbocycles. The van der Waals surface area contributed by atoms with Crippen molar-refractivity contribution in [2.75, 3.05) is 6.54 Å². The maximum atomic E-state index is 12.6. The maximum Gasteiger partial charge on any atom is 0.326 e. The topological polar surface area (TPSA) is 119 Å². The lowest BCUT2D eigenvalue weighted by Gasteiger charge is -2.15. The number of unbranched alkanes of at least 4 members (excludes halogenated alkanes) is 12. The van der Waals surface area contributed by atoms with Crippen molar-refractivity contribution in [2.45, 2.75) is 180 Å². The van der Waals surface area contributed by atoms with Crippen LogP contribution in [0.4, 0.5) is 0 Å². The Bertz CT molecular complexity index is 953. The molecular formula is C42H72N2O5. The standard InChI is InChI=1S/C42H72N2O5/c1-3-5-7-9-11-13-14-15-16-18-20-26-30-36-41(46)49-38(32-27-23-19-17-12-10-8-6-4-2)33-28-24-21-22-25-29-35-40(45)44-39(42(47)48)34-31-37-43/h5,7,11,13,15-16,20,26-27,32,38-39H,3-4,6,8-10,12,14,17-19,21-25,28-31,33-37,43H2,1-2H3,(H,44,45)(H,47,48)/b7-5-,13-11-,16-15-,26-20-,32-27-. The van der Waals surface area contributed by atoms with Crippen LogP contribution >= 0.6 is 0 Å². The number of carboxylic acids is 1. The molecule has 2 unspecified atom stereocenters. The summed E-state index contributed by atoms with van der Waals surface area (Å²) in [6, 6.07) is -0.859. The number of allylic oxidation sites excluding steroid dienone is 9. The second-order valence-electron chi connectivity index (χ2n) is 13.0. The van der Waals surface area contributed by atoms with E-state index >= 15 is 0 Å². The van der Waals surface area contributed by atoms with E-state index in [0.29, 0.717) is 38.6 Å². The van der Waals surface area contributed by atoms with Gasteiger partial charge in [0.1, 0.15) is 12.1 Å². The van der Waals surface area contributed by atoms with Gasteiger partial charge in [-0.2, -0.15) is 0 Å². The van der Waals surface area contributed by atoms with Crippen LogP contribution in [-0.4, -0.2) is 41.6 Å². The molecule has 7 heteroatoms. The third kappa shape index (κ3) is 33.3. The molecule has 0 aromatic heterocycles. The molecule has 0 spiro atoms. The summed E-state index contributed by atoms with van der Waals surface area (Å²) < 4.78 is 5.89. The highest BCUT2D eigenvalue weighted by atomic mass is 16.5. The fourth-order valence-corrected chi connectivity index (χ4v) is 5.37. The normalized spacial score (nSPS) is 13.4. The molecule has 0 aliphatic rings. The molecule has 4 N–H and O–H groups in total. The van der Waals surface area contributed by atoms with Crippen LogP contribution in [0.3, 0.4) is 0 Å². The van der Waals surface area contributed by atoms with E-state index in [1.807, 2.05) is 0 Å². The van der Waals surface area contributed by atoms with Crippen molar-refractivity contribution in [1.29, 1.82) is 0 Å². The van der Waals surface area contributed by atoms with E-state index in [2.05, 4.69) is 79.9 Å². The van der Waals surface area contributed by atoms with Gasteiger partial charge in [-0.25, -0.2) is 4.79 Å². The highest BCUT2D eigenvalue weighted by Gasteiger charge is 2.18. The number of carboxylic acid groups (broad SMARTS) is 1. The van der Waals surface area contributed by atoms with Crippen LogP contribution in [0.25, 0.3) is 0 Å². The van der Waals surface area contributed by atoms with Gasteiger partial charge >= 0.3 is 11.9 Å². The van der Waals surface area contributed by atoms with Gasteiger partial charge in [0.25, 0.3) is 0 Å². The van der Waals surface area contributed by atoms with E-state index in [1.165, 1.54) is 44.9 Å². The summed E-state index contributed by atoms with van der Waals surface area (Å²) in [6.07, 6.45) is 44.3. The molecule has 49 heavy (non-hydrogen) atoms. The van der Waals surface area contributed by atoms with E-state index in [9.17, 15) is 19.5 Å². The van der Waals surface area contributed by atoms with E-state index in [0.717, 1.165) is 77.0 Å². The van der Waals surface area contributed by atoms with Gasteiger partial charge < -0.3 is 20.9 Å². The Morgan fingerprint density at radius 1 is 0.633 bits per heavy atom. The molecule has 0 rings (SSSR count). The Balaban J connectivity index is 4.44. The summed E-state index contributed by atoms with van der Waals surface area (Å²) in [7, 11) is 0. The second kappa shape index (κ2) is 36.4. The molecule has 0 heterocycles. The van der Waals surface area contributed by atoms with Crippen molar-refractivity contribution < 1.29 is 24.2 Å². The van der Waals surface area contributed by atoms with Gasteiger partial charge in [-0.05, 0) is 89.7 Å². The number of amides is 1. The number of nitrogens with two attached hydrogens (primary N) is 1. The second-order valence-corrected chi connectivity index (χ2v) is 13.0. The first-order valence-electron chi connectivity index (χ1n) is 19.6. The molecule has 0 aliphatic carbocycles. The summed E-state index contributed by atoms with van der Waals surface area (Å²) in [5, 5.41) is 11.9. The van der Waals surface area contributed by atoms with E-state index in [-0.39, 0.29) is 18.0 Å². The SMILES string of the molecule is CC/C=C\C/C=C\C/C=C\C/C=C\CCC(=O)OC(/C=C\CCCCCCCCC)CCCCCCCCC(=O)NC(CCCN)C(=O)O. The van der Waals surface area contributed by atoms with Gasteiger partial charge in [-0.3, -0.25) is 9.59 Å². The number of carbonyl (C=O) groups excluding carboxylic acids is 2. The van der Waals surface area contributed by atoms with E-state index in [4.69, 9.17) is 10.5 Å². The predicted molar refractivity (Wildman–Crippen MR) is 206 cm³/mol. The number of hydrogen-bond donors (Lipinski definition) is 3. The van der Waals surface area contributed by atoms with Crippen LogP contribution < -0.4 is 11.1 Å². The predicted octanol–water partition coefficient (Wildman–Crippen LogP) is 10.6. The van der Waals surface area contributed by atoms with Crippen molar-refractivity contribution in [3.8, 4) is 0 Å². The van der Waals surface area contributed by atoms with Crippen LogP contribution in [0, 0.1) is 0 Å². The maximum absolute atomic E-state index is 12.6. The van der Waals surface area contributed by atoms with Crippen LogP contribution in [-0.2, 0) is 19.1 Å². The molecule has 280 valence electrons. The van der Waals surface area contributed by atoms with Gasteiger partial charge in [0, 0.05) is 12.8 Å². The molecule has 0 fully saturated rings. The van der Waals surface area contributed by atoms with Gasteiger partial charge in [-0.1, -0.05) is 133 Å². The molecule has 0 bridgehead atoms. The Kier molecular flexibility index (Phi) is 34.2. The zero-order valence-electron chi connectivity index (χ0n) is 31.3. The average Bonchev–Trinajstić information content (AvgIpc) is 3.08. The summed E-state index contributed by atoms with van der Waals surface area (Å²) >= 11 is 0. The quantitative estimate of drug-likeness (QED) is 0.0353. The van der Waals surface area contributed by atoms with Crippen molar-refractivity contribution in [2.24, 2.45) is 5.73 Å². The van der Waals surface area contributed by atoms with Crippen LogP contribution in [0.2, 0.25) is 0 Å². The van der Waals surface area contributed by atoms with Gasteiger partial charge in [0.05, 0.1) is 0 Å². The monoisotopic (exact) mass is 685 g/mol. The molecule has 2 atom stereocenters. The Morgan fingerprint density at radius 3 is 1.82 bits per heavy atom. The highest BCUT2D eigenvalue weighted by Crippen LogP contribution is 2.15. The molecule has 1 amide bonds. The Labute approximate surface area is 300 Å². The van der Waals surface area contributed by atoms with Gasteiger partial charge in [0.15, 0.2) is 0 Å². The zero-order chi connectivity index (χ0) is 36.0. The number of rotatable bonds is 34. The first-order chi connectivity index (χ1) is 23.9. The lowest BCUT2D eigenvalue weighted by Crippen LogP contribution is -2.40. The summed E-state index contributed by atoms with van der Waals surface area (Å²) in [5.74, 6) is -1.36. The van der Waals surface area contributed by atoms with Crippen LogP contribution in [0.15, 0.2) is 60.8 Å². The molecule has 7 nitrogen and oxygen atoms in total. The van der Waals surface area contributed by atoms with Crippen molar-refractivity contribution >= 4 is 17.8 Å². The smallest absolute Gasteiger partial charge is 0.326 e. The Hall–Kier alpha value is -2.93. The largest absolute Gasteiger partial charge is 0.480 e. The number of esters is 1. The summed E-state index contributed by atoms with van der Waals surface area (Å²) in [4.78, 5) is 36.1. The summed E-state index contributed by atoms with van der Waals surface area (Å²) in [5.41, 5.74) is 5.46. The minimum atomic E-state index is -1.01. The number of carbonyl (C=O) groups is 3. The lowest BCUT2D eigenvalue weighted by atomic mass is 10.0. The first kappa shape index (κ1) is 46.1. The van der Waals surface area contributed by atoms with Crippen molar-refractivity contribution in [3.63, 3.8) is 0 Å². The zero-order valence-corrected chi connectivity index (χ0v) is 31.3. The fourth-order valence-electron chi connectivity index (χ4n) is 5.37. The minimum absolute atomic E-state index is 0.139. The van der Waals surface area contributed by atoms with E-state index < -0.39 is 12.0 Å². The van der Waals surface area contributed by atoms with Crippen molar-refractivity contribution in [1.82, 2.24) is 5.32 Å². The number of aliphatic carboxylic acids is 1. The average molecular weight is 685 g/mol. The third-order valence-corrected chi connectivity index (χ3v) is 8.31. The van der Waals surface area contributed by atoms with Gasteiger partial charge in [-0.15, -0.1) is 0 Å². The lowest BCUT2D eigenvalue weighted by molar-refractivity contribution is -0.147. The van der Waals surface area contributed by atoms with Crippen LogP contribution in [0.5, 0.6) is 0 Å². The van der Waals surface area contributed by atoms with Gasteiger partial charge in [0.2, 0.25) is 5.91 Å². The highest BCUT2D eigenvalue weighted by molar-refractivity contribution is 5.83. The molecule has 0 aromatic rings. The molecule has 0 saturated carbocycles. The third-order valence-electron chi connectivity index (χ3n) is 8.31. The first-order valence-corrected chi connectivity index (χ1v) is 19.6. The number of ether oxygens (including phenoxy) is 1. The molecule has 0 aliphatic heterocycles. The van der Waals surface area contributed by atoms with E-state index in [1.54, 1.807) is 0 Å². The number of hydrogen-bond acceptors (Lipinski definition) is 5. The minimum Gasteiger partial charge on any atom is -0.480 e. The Morgan fingerprint density at radius 2 is 1.20 bits per heavy atom. The van der Waals surface area contributed by atoms with Crippen LogP contribution in [0.1, 0.15) is 168 Å².